The van der Waals surface area contributed by atoms with E-state index in [0.29, 0.717) is 24.3 Å². The fourth-order valence-electron chi connectivity index (χ4n) is 2.01. The third-order valence-corrected chi connectivity index (χ3v) is 3.25. The molecule has 1 aromatic rings. The van der Waals surface area contributed by atoms with Crippen LogP contribution in [0.2, 0.25) is 0 Å². The second kappa shape index (κ2) is 8.51. The average Bonchev–Trinajstić information content (AvgIpc) is 2.43. The maximum Gasteiger partial charge on any atom is 0.224 e. The maximum atomic E-state index is 11.8. The van der Waals surface area contributed by atoms with Crippen LogP contribution in [0.4, 0.5) is 5.69 Å². The molecule has 1 aromatic carbocycles. The van der Waals surface area contributed by atoms with Gasteiger partial charge in [-0.05, 0) is 36.6 Å². The Morgan fingerprint density at radius 3 is 2.30 bits per heavy atom. The summed E-state index contributed by atoms with van der Waals surface area (Å²) in [4.78, 5) is 23.2. The molecule has 3 heteroatoms. The number of hydrogen-bond acceptors (Lipinski definition) is 2. The Morgan fingerprint density at radius 1 is 1.10 bits per heavy atom. The molecule has 0 atom stereocenters. The first-order valence-electron chi connectivity index (χ1n) is 7.46. The van der Waals surface area contributed by atoms with E-state index in [0.717, 1.165) is 18.5 Å². The van der Waals surface area contributed by atoms with E-state index < -0.39 is 0 Å². The normalized spacial score (nSPS) is 10.6. The van der Waals surface area contributed by atoms with Gasteiger partial charge in [-0.25, -0.2) is 0 Å². The molecule has 0 spiro atoms. The fourth-order valence-corrected chi connectivity index (χ4v) is 2.01. The predicted octanol–water partition coefficient (Wildman–Crippen LogP) is 4.43. The third-order valence-electron chi connectivity index (χ3n) is 3.25. The van der Waals surface area contributed by atoms with Crippen molar-refractivity contribution in [2.24, 2.45) is 5.92 Å². The molecule has 0 aliphatic heterocycles. The van der Waals surface area contributed by atoms with Crippen LogP contribution < -0.4 is 5.32 Å². The van der Waals surface area contributed by atoms with Crippen LogP contribution in [0, 0.1) is 5.92 Å². The second-order valence-corrected chi connectivity index (χ2v) is 5.54. The molecule has 0 saturated carbocycles. The van der Waals surface area contributed by atoms with E-state index in [2.05, 4.69) is 19.2 Å². The molecule has 0 saturated heterocycles. The monoisotopic (exact) mass is 275 g/mol. The van der Waals surface area contributed by atoms with Crippen LogP contribution in [-0.2, 0) is 4.79 Å². The third kappa shape index (κ3) is 6.00. The number of rotatable bonds is 8. The number of hydrogen-bond donors (Lipinski definition) is 1. The molecule has 110 valence electrons. The highest BCUT2D eigenvalue weighted by molar-refractivity contribution is 5.97. The molecule has 0 heterocycles. The number of Topliss-reactive ketones (excluding diaryl/α,β-unsaturated/α-hetero) is 1. The Labute approximate surface area is 121 Å². The molecular formula is C17H25NO2. The van der Waals surface area contributed by atoms with Crippen LogP contribution in [-0.4, -0.2) is 11.7 Å². The van der Waals surface area contributed by atoms with E-state index in [1.165, 1.54) is 6.42 Å². The number of carbonyl (C=O) groups excluding carboxylic acids is 2. The van der Waals surface area contributed by atoms with E-state index in [-0.39, 0.29) is 11.7 Å². The number of amides is 1. The second-order valence-electron chi connectivity index (χ2n) is 5.54. The quantitative estimate of drug-likeness (QED) is 0.563. The van der Waals surface area contributed by atoms with Gasteiger partial charge in [0.15, 0.2) is 5.78 Å². The molecule has 1 amide bonds. The molecule has 0 aliphatic carbocycles. The van der Waals surface area contributed by atoms with Crippen molar-refractivity contribution in [1.82, 2.24) is 0 Å². The lowest BCUT2D eigenvalue weighted by Crippen LogP contribution is -2.11. The predicted molar refractivity (Wildman–Crippen MR) is 83.0 cm³/mol. The Kier molecular flexibility index (Phi) is 6.99. The minimum absolute atomic E-state index is 0.0447. The highest BCUT2D eigenvalue weighted by Gasteiger charge is 2.05. The highest BCUT2D eigenvalue weighted by Crippen LogP contribution is 2.13. The molecule has 0 fully saturated rings. The number of ketones is 1. The summed E-state index contributed by atoms with van der Waals surface area (Å²) in [7, 11) is 0. The Hall–Kier alpha value is -1.64. The minimum atomic E-state index is 0.0447. The molecule has 1 rings (SSSR count). The maximum absolute atomic E-state index is 11.8. The Balaban J connectivity index is 2.36. The van der Waals surface area contributed by atoms with Crippen LogP contribution in [0.3, 0.4) is 0 Å². The number of carbonyl (C=O) groups is 2. The topological polar surface area (TPSA) is 46.2 Å². The lowest BCUT2D eigenvalue weighted by Gasteiger charge is -2.07. The Bertz CT molecular complexity index is 435. The zero-order valence-corrected chi connectivity index (χ0v) is 12.7. The molecule has 0 unspecified atom stereocenters. The van der Waals surface area contributed by atoms with E-state index in [1.54, 1.807) is 24.3 Å². The number of unbranched alkanes of at least 4 members (excludes halogenated alkanes) is 1. The van der Waals surface area contributed by atoms with Gasteiger partial charge in [-0.15, -0.1) is 0 Å². The molecule has 0 aliphatic rings. The van der Waals surface area contributed by atoms with Crippen molar-refractivity contribution in [2.45, 2.75) is 52.9 Å². The SMILES string of the molecule is CCC(=O)c1ccc(NC(=O)CCCCC(C)C)cc1. The zero-order chi connectivity index (χ0) is 15.0. The van der Waals surface area contributed by atoms with Crippen LogP contribution in [0.15, 0.2) is 24.3 Å². The number of nitrogens with one attached hydrogen (secondary N) is 1. The summed E-state index contributed by atoms with van der Waals surface area (Å²) >= 11 is 0. The van der Waals surface area contributed by atoms with Crippen LogP contribution in [0.5, 0.6) is 0 Å². The lowest BCUT2D eigenvalue weighted by atomic mass is 10.1. The smallest absolute Gasteiger partial charge is 0.224 e. The largest absolute Gasteiger partial charge is 0.326 e. The number of anilines is 1. The first-order chi connectivity index (χ1) is 9.52. The minimum Gasteiger partial charge on any atom is -0.326 e. The molecule has 3 nitrogen and oxygen atoms in total. The molecule has 0 aromatic heterocycles. The first-order valence-corrected chi connectivity index (χ1v) is 7.46. The van der Waals surface area contributed by atoms with Gasteiger partial charge in [0.2, 0.25) is 5.91 Å². The van der Waals surface area contributed by atoms with Gasteiger partial charge in [0.25, 0.3) is 0 Å². The molecule has 1 N–H and O–H groups in total. The van der Waals surface area contributed by atoms with E-state index >= 15 is 0 Å². The van der Waals surface area contributed by atoms with E-state index in [9.17, 15) is 9.59 Å². The summed E-state index contributed by atoms with van der Waals surface area (Å²) in [5.74, 6) is 0.863. The first kappa shape index (κ1) is 16.4. The van der Waals surface area contributed by atoms with Crippen molar-refractivity contribution in [3.05, 3.63) is 29.8 Å². The fraction of sp³-hybridized carbons (Fsp3) is 0.529. The van der Waals surface area contributed by atoms with Gasteiger partial charge in [-0.2, -0.15) is 0 Å². The summed E-state index contributed by atoms with van der Waals surface area (Å²) < 4.78 is 0. The van der Waals surface area contributed by atoms with Crippen molar-refractivity contribution in [3.8, 4) is 0 Å². The van der Waals surface area contributed by atoms with Gasteiger partial charge in [0.05, 0.1) is 0 Å². The summed E-state index contributed by atoms with van der Waals surface area (Å²) in [5, 5.41) is 2.86. The van der Waals surface area contributed by atoms with Gasteiger partial charge in [-0.1, -0.05) is 33.6 Å². The molecule has 0 radical (unpaired) electrons. The lowest BCUT2D eigenvalue weighted by molar-refractivity contribution is -0.116. The van der Waals surface area contributed by atoms with Gasteiger partial charge in [-0.3, -0.25) is 9.59 Å². The Morgan fingerprint density at radius 2 is 1.75 bits per heavy atom. The summed E-state index contributed by atoms with van der Waals surface area (Å²) in [6.45, 7) is 6.23. The van der Waals surface area contributed by atoms with Gasteiger partial charge in [0, 0.05) is 24.1 Å². The van der Waals surface area contributed by atoms with Crippen molar-refractivity contribution >= 4 is 17.4 Å². The molecule has 20 heavy (non-hydrogen) atoms. The average molecular weight is 275 g/mol. The van der Waals surface area contributed by atoms with Crippen LogP contribution in [0.1, 0.15) is 63.2 Å². The van der Waals surface area contributed by atoms with E-state index in [1.807, 2.05) is 6.92 Å². The zero-order valence-electron chi connectivity index (χ0n) is 12.7. The number of benzene rings is 1. The van der Waals surface area contributed by atoms with Crippen molar-refractivity contribution < 1.29 is 9.59 Å². The van der Waals surface area contributed by atoms with Crippen LogP contribution >= 0.6 is 0 Å². The molecule has 0 bridgehead atoms. The highest BCUT2D eigenvalue weighted by atomic mass is 16.1. The van der Waals surface area contributed by atoms with Crippen molar-refractivity contribution in [1.29, 1.82) is 0 Å². The van der Waals surface area contributed by atoms with Crippen molar-refractivity contribution in [2.75, 3.05) is 5.32 Å². The summed E-state index contributed by atoms with van der Waals surface area (Å²) in [6.07, 6.45) is 4.25. The van der Waals surface area contributed by atoms with Gasteiger partial charge in [0.1, 0.15) is 0 Å². The standard InChI is InChI=1S/C17H25NO2/c1-4-16(19)14-9-11-15(12-10-14)18-17(20)8-6-5-7-13(2)3/h9-13H,4-8H2,1-3H3,(H,18,20). The molecular weight excluding hydrogens is 250 g/mol. The summed E-state index contributed by atoms with van der Waals surface area (Å²) in [5.41, 5.74) is 1.45. The van der Waals surface area contributed by atoms with Gasteiger partial charge >= 0.3 is 0 Å². The van der Waals surface area contributed by atoms with Crippen molar-refractivity contribution in [3.63, 3.8) is 0 Å². The van der Waals surface area contributed by atoms with Gasteiger partial charge < -0.3 is 5.32 Å². The van der Waals surface area contributed by atoms with Crippen LogP contribution in [0.25, 0.3) is 0 Å². The summed E-state index contributed by atoms with van der Waals surface area (Å²) in [6, 6.07) is 7.10. The van der Waals surface area contributed by atoms with E-state index in [4.69, 9.17) is 0 Å².